The van der Waals surface area contributed by atoms with Crippen LogP contribution in [0.25, 0.3) is 0 Å². The van der Waals surface area contributed by atoms with Gasteiger partial charge in [-0.1, -0.05) is 13.8 Å². The van der Waals surface area contributed by atoms with E-state index in [-0.39, 0.29) is 11.9 Å². The van der Waals surface area contributed by atoms with Gasteiger partial charge < -0.3 is 14.8 Å². The van der Waals surface area contributed by atoms with Gasteiger partial charge in [-0.15, -0.1) is 13.2 Å². The van der Waals surface area contributed by atoms with Crippen LogP contribution in [0.3, 0.4) is 0 Å². The van der Waals surface area contributed by atoms with Crippen LogP contribution < -0.4 is 14.8 Å². The van der Waals surface area contributed by atoms with E-state index in [0.29, 0.717) is 12.3 Å². The minimum Gasteiger partial charge on any atom is -0.489 e. The fourth-order valence-corrected chi connectivity index (χ4v) is 1.62. The van der Waals surface area contributed by atoms with Crippen LogP contribution >= 0.6 is 0 Å². The maximum atomic E-state index is 12.0. The molecule has 0 amide bonds. The summed E-state index contributed by atoms with van der Waals surface area (Å²) < 4.78 is 45.5. The second kappa shape index (κ2) is 7.99. The Labute approximate surface area is 117 Å². The van der Waals surface area contributed by atoms with Gasteiger partial charge >= 0.3 is 6.36 Å². The van der Waals surface area contributed by atoms with Gasteiger partial charge in [-0.3, -0.25) is 0 Å². The standard InChI is InChI=1S/C14H20F3NO2/c1-3-9-18-10-11(4-2)19-12-5-7-13(8-6-12)20-14(15,16)17/h5-8,11,18H,3-4,9-10H2,1-2H3. The molecule has 114 valence electrons. The first kappa shape index (κ1) is 16.6. The highest BCUT2D eigenvalue weighted by Gasteiger charge is 2.30. The highest BCUT2D eigenvalue weighted by Crippen LogP contribution is 2.25. The number of ether oxygens (including phenoxy) is 2. The summed E-state index contributed by atoms with van der Waals surface area (Å²) in [5.74, 6) is 0.284. The summed E-state index contributed by atoms with van der Waals surface area (Å²) in [7, 11) is 0. The molecule has 0 saturated carbocycles. The summed E-state index contributed by atoms with van der Waals surface area (Å²) in [5.41, 5.74) is 0. The van der Waals surface area contributed by atoms with E-state index in [1.54, 1.807) is 0 Å². The monoisotopic (exact) mass is 291 g/mol. The van der Waals surface area contributed by atoms with Gasteiger partial charge in [0.25, 0.3) is 0 Å². The van der Waals surface area contributed by atoms with Crippen molar-refractivity contribution in [1.82, 2.24) is 5.32 Å². The highest BCUT2D eigenvalue weighted by molar-refractivity contribution is 5.31. The summed E-state index contributed by atoms with van der Waals surface area (Å²) in [6.07, 6.45) is -2.81. The van der Waals surface area contributed by atoms with Gasteiger partial charge in [-0.05, 0) is 43.7 Å². The van der Waals surface area contributed by atoms with Gasteiger partial charge in [0.2, 0.25) is 0 Å². The Morgan fingerprint density at radius 1 is 1.10 bits per heavy atom. The molecule has 0 aliphatic carbocycles. The summed E-state index contributed by atoms with van der Waals surface area (Å²) in [4.78, 5) is 0. The average molecular weight is 291 g/mol. The van der Waals surface area contributed by atoms with Crippen molar-refractivity contribution in [3.63, 3.8) is 0 Å². The molecular weight excluding hydrogens is 271 g/mol. The molecule has 0 spiro atoms. The van der Waals surface area contributed by atoms with E-state index in [9.17, 15) is 13.2 Å². The molecule has 1 rings (SSSR count). The van der Waals surface area contributed by atoms with Gasteiger partial charge in [0, 0.05) is 6.54 Å². The molecule has 1 N–H and O–H groups in total. The van der Waals surface area contributed by atoms with Crippen LogP contribution in [0.15, 0.2) is 24.3 Å². The fourth-order valence-electron chi connectivity index (χ4n) is 1.62. The van der Waals surface area contributed by atoms with Gasteiger partial charge in [0.05, 0.1) is 0 Å². The minimum atomic E-state index is -4.67. The van der Waals surface area contributed by atoms with Crippen LogP contribution in [0.4, 0.5) is 13.2 Å². The van der Waals surface area contributed by atoms with Crippen molar-refractivity contribution >= 4 is 0 Å². The van der Waals surface area contributed by atoms with Crippen LogP contribution in [-0.4, -0.2) is 25.6 Å². The Morgan fingerprint density at radius 2 is 1.70 bits per heavy atom. The molecule has 1 aromatic carbocycles. The second-order valence-corrected chi connectivity index (χ2v) is 4.37. The van der Waals surface area contributed by atoms with E-state index < -0.39 is 6.36 Å². The number of nitrogens with one attached hydrogen (secondary N) is 1. The number of alkyl halides is 3. The third-order valence-electron chi connectivity index (χ3n) is 2.61. The zero-order chi connectivity index (χ0) is 15.0. The largest absolute Gasteiger partial charge is 0.573 e. The molecule has 0 radical (unpaired) electrons. The van der Waals surface area contributed by atoms with Gasteiger partial charge in [-0.25, -0.2) is 0 Å². The van der Waals surface area contributed by atoms with E-state index in [0.717, 1.165) is 19.4 Å². The number of rotatable bonds is 8. The van der Waals surface area contributed by atoms with Crippen molar-refractivity contribution in [3.05, 3.63) is 24.3 Å². The Bertz CT molecular complexity index is 379. The molecular formula is C14H20F3NO2. The summed E-state index contributed by atoms with van der Waals surface area (Å²) in [6, 6.07) is 5.44. The molecule has 0 aliphatic heterocycles. The van der Waals surface area contributed by atoms with Crippen molar-refractivity contribution < 1.29 is 22.6 Å². The van der Waals surface area contributed by atoms with Gasteiger partial charge in [0.1, 0.15) is 17.6 Å². The van der Waals surface area contributed by atoms with Gasteiger partial charge in [0.15, 0.2) is 0 Å². The van der Waals surface area contributed by atoms with Crippen molar-refractivity contribution in [2.45, 2.75) is 39.2 Å². The summed E-state index contributed by atoms with van der Waals surface area (Å²) in [5, 5.41) is 3.25. The predicted molar refractivity (Wildman–Crippen MR) is 71.0 cm³/mol. The SMILES string of the molecule is CCCNCC(CC)Oc1ccc(OC(F)(F)F)cc1. The molecule has 1 atom stereocenters. The minimum absolute atomic E-state index is 0.00376. The molecule has 0 heterocycles. The molecule has 0 aliphatic rings. The maximum Gasteiger partial charge on any atom is 0.573 e. The van der Waals surface area contributed by atoms with Crippen LogP contribution in [0.2, 0.25) is 0 Å². The lowest BCUT2D eigenvalue weighted by atomic mass is 10.2. The number of hydrogen-bond acceptors (Lipinski definition) is 3. The molecule has 1 unspecified atom stereocenters. The summed E-state index contributed by atoms with van der Waals surface area (Å²) in [6.45, 7) is 5.71. The first-order valence-corrected chi connectivity index (χ1v) is 6.67. The van der Waals surface area contributed by atoms with Crippen LogP contribution in [0.5, 0.6) is 11.5 Å². The van der Waals surface area contributed by atoms with Crippen molar-refractivity contribution in [2.24, 2.45) is 0 Å². The molecule has 0 bridgehead atoms. The molecule has 6 heteroatoms. The quantitative estimate of drug-likeness (QED) is 0.740. The first-order valence-electron chi connectivity index (χ1n) is 6.67. The topological polar surface area (TPSA) is 30.5 Å². The Hall–Kier alpha value is -1.43. The van der Waals surface area contributed by atoms with Crippen molar-refractivity contribution in [2.75, 3.05) is 13.1 Å². The molecule has 0 aromatic heterocycles. The molecule has 20 heavy (non-hydrogen) atoms. The lowest BCUT2D eigenvalue weighted by molar-refractivity contribution is -0.274. The van der Waals surface area contributed by atoms with E-state index in [1.807, 2.05) is 6.92 Å². The van der Waals surface area contributed by atoms with Crippen LogP contribution in [0, 0.1) is 0 Å². The highest BCUT2D eigenvalue weighted by atomic mass is 19.4. The van der Waals surface area contributed by atoms with Crippen LogP contribution in [-0.2, 0) is 0 Å². The third-order valence-corrected chi connectivity index (χ3v) is 2.61. The Morgan fingerprint density at radius 3 is 2.20 bits per heavy atom. The van der Waals surface area contributed by atoms with E-state index in [4.69, 9.17) is 4.74 Å². The lowest BCUT2D eigenvalue weighted by Gasteiger charge is -2.18. The van der Waals surface area contributed by atoms with Crippen LogP contribution in [0.1, 0.15) is 26.7 Å². The first-order chi connectivity index (χ1) is 9.44. The predicted octanol–water partition coefficient (Wildman–Crippen LogP) is 3.74. The normalized spacial score (nSPS) is 13.1. The second-order valence-electron chi connectivity index (χ2n) is 4.37. The number of hydrogen-bond donors (Lipinski definition) is 1. The number of halogens is 3. The molecule has 1 aromatic rings. The van der Waals surface area contributed by atoms with Crippen molar-refractivity contribution in [1.29, 1.82) is 0 Å². The Kier molecular flexibility index (Phi) is 6.64. The zero-order valence-corrected chi connectivity index (χ0v) is 11.7. The summed E-state index contributed by atoms with van der Waals surface area (Å²) >= 11 is 0. The van der Waals surface area contributed by atoms with E-state index in [1.165, 1.54) is 24.3 Å². The number of benzene rings is 1. The zero-order valence-electron chi connectivity index (χ0n) is 11.7. The van der Waals surface area contributed by atoms with Crippen molar-refractivity contribution in [3.8, 4) is 11.5 Å². The molecule has 3 nitrogen and oxygen atoms in total. The van der Waals surface area contributed by atoms with E-state index in [2.05, 4.69) is 17.0 Å². The smallest absolute Gasteiger partial charge is 0.489 e. The van der Waals surface area contributed by atoms with Gasteiger partial charge in [-0.2, -0.15) is 0 Å². The maximum absolute atomic E-state index is 12.0. The lowest BCUT2D eigenvalue weighted by Crippen LogP contribution is -2.31. The van der Waals surface area contributed by atoms with E-state index >= 15 is 0 Å². The average Bonchev–Trinajstić information content (AvgIpc) is 2.38. The fraction of sp³-hybridized carbons (Fsp3) is 0.571. The third kappa shape index (κ3) is 6.65. The molecule has 0 fully saturated rings. The Balaban J connectivity index is 2.50. The molecule has 0 saturated heterocycles.